The van der Waals surface area contributed by atoms with Gasteiger partial charge in [0.15, 0.2) is 0 Å². The number of hydrogen-bond acceptors (Lipinski definition) is 4. The molecule has 1 aromatic carbocycles. The van der Waals surface area contributed by atoms with Crippen LogP contribution in [-0.2, 0) is 6.54 Å². The molecule has 0 bridgehead atoms. The molecule has 3 rings (SSSR count). The molecule has 1 aromatic heterocycles. The first-order valence-electron chi connectivity index (χ1n) is 8.25. The number of aromatic nitrogens is 2. The molecule has 1 heterocycles. The Kier molecular flexibility index (Phi) is 5.35. The van der Waals surface area contributed by atoms with Crippen LogP contribution in [-0.4, -0.2) is 27.8 Å². The number of carbonyl (C=O) groups excluding carboxylic acids is 1. The molecule has 2 aromatic rings. The average Bonchev–Trinajstić information content (AvgIpc) is 3.42. The highest BCUT2D eigenvalue weighted by atomic mass is 32.2. The zero-order valence-corrected chi connectivity index (χ0v) is 14.5. The molecule has 0 aliphatic heterocycles. The minimum atomic E-state index is -0.109. The van der Waals surface area contributed by atoms with Gasteiger partial charge in [0.05, 0.1) is 17.6 Å². The minimum absolute atomic E-state index is 0.0527. The standard InChI is InChI=1S/C18H21N3O2S/c1-2-24-16-6-4-3-5-14(16)18(23)19-9-10-21-12-20-15(11-17(21)22)13-7-8-13/h3-6,11-13H,2,7-10H2,1H3,(H,19,23). The highest BCUT2D eigenvalue weighted by Gasteiger charge is 2.25. The van der Waals surface area contributed by atoms with E-state index < -0.39 is 0 Å². The third-order valence-electron chi connectivity index (χ3n) is 3.97. The Morgan fingerprint density at radius 1 is 1.38 bits per heavy atom. The Hall–Kier alpha value is -2.08. The van der Waals surface area contributed by atoms with Crippen LogP contribution < -0.4 is 10.9 Å². The summed E-state index contributed by atoms with van der Waals surface area (Å²) in [5.41, 5.74) is 1.52. The summed E-state index contributed by atoms with van der Waals surface area (Å²) < 4.78 is 1.54. The lowest BCUT2D eigenvalue weighted by molar-refractivity contribution is 0.0949. The fraction of sp³-hybridized carbons (Fsp3) is 0.389. The SMILES string of the molecule is CCSc1ccccc1C(=O)NCCn1cnc(C2CC2)cc1=O. The van der Waals surface area contributed by atoms with Crippen LogP contribution in [0, 0.1) is 0 Å². The van der Waals surface area contributed by atoms with E-state index in [4.69, 9.17) is 0 Å². The Morgan fingerprint density at radius 3 is 2.88 bits per heavy atom. The number of amides is 1. The van der Waals surface area contributed by atoms with E-state index in [1.54, 1.807) is 28.7 Å². The van der Waals surface area contributed by atoms with Crippen molar-refractivity contribution < 1.29 is 4.79 Å². The van der Waals surface area contributed by atoms with Crippen LogP contribution in [0.2, 0.25) is 0 Å². The van der Waals surface area contributed by atoms with Gasteiger partial charge in [-0.15, -0.1) is 11.8 Å². The van der Waals surface area contributed by atoms with Crippen molar-refractivity contribution in [3.05, 3.63) is 58.3 Å². The summed E-state index contributed by atoms with van der Waals surface area (Å²) in [5, 5.41) is 2.88. The zero-order valence-electron chi connectivity index (χ0n) is 13.7. The smallest absolute Gasteiger partial charge is 0.253 e. The van der Waals surface area contributed by atoms with Crippen LogP contribution >= 0.6 is 11.8 Å². The van der Waals surface area contributed by atoms with E-state index in [9.17, 15) is 9.59 Å². The summed E-state index contributed by atoms with van der Waals surface area (Å²) in [7, 11) is 0. The first-order valence-corrected chi connectivity index (χ1v) is 9.24. The van der Waals surface area contributed by atoms with Crippen molar-refractivity contribution in [3.63, 3.8) is 0 Å². The molecule has 1 saturated carbocycles. The van der Waals surface area contributed by atoms with Gasteiger partial charge < -0.3 is 5.32 Å². The average molecular weight is 343 g/mol. The van der Waals surface area contributed by atoms with Gasteiger partial charge in [-0.1, -0.05) is 19.1 Å². The fourth-order valence-electron chi connectivity index (χ4n) is 2.53. The molecule has 0 unspecified atom stereocenters. The molecular formula is C18H21N3O2S. The number of thioether (sulfide) groups is 1. The van der Waals surface area contributed by atoms with Crippen LogP contribution in [0.15, 0.2) is 46.3 Å². The van der Waals surface area contributed by atoms with Crippen molar-refractivity contribution >= 4 is 17.7 Å². The lowest BCUT2D eigenvalue weighted by Gasteiger charge is -2.10. The molecule has 0 atom stereocenters. The highest BCUT2D eigenvalue weighted by molar-refractivity contribution is 7.99. The molecule has 6 heteroatoms. The van der Waals surface area contributed by atoms with Gasteiger partial charge in [0.2, 0.25) is 0 Å². The lowest BCUT2D eigenvalue weighted by atomic mass is 10.2. The van der Waals surface area contributed by atoms with Gasteiger partial charge in [0.1, 0.15) is 0 Å². The molecule has 1 aliphatic rings. The third kappa shape index (κ3) is 4.06. The second kappa shape index (κ2) is 7.66. The fourth-order valence-corrected chi connectivity index (χ4v) is 3.33. The van der Waals surface area contributed by atoms with E-state index >= 15 is 0 Å². The normalized spacial score (nSPS) is 13.7. The predicted molar refractivity (Wildman–Crippen MR) is 95.6 cm³/mol. The third-order valence-corrected chi connectivity index (χ3v) is 4.92. The monoisotopic (exact) mass is 343 g/mol. The number of nitrogens with one attached hydrogen (secondary N) is 1. The maximum Gasteiger partial charge on any atom is 0.253 e. The van der Waals surface area contributed by atoms with Crippen molar-refractivity contribution in [2.75, 3.05) is 12.3 Å². The number of rotatable bonds is 7. The molecule has 1 aliphatic carbocycles. The molecule has 126 valence electrons. The van der Waals surface area contributed by atoms with Gasteiger partial charge in [-0.3, -0.25) is 14.2 Å². The number of hydrogen-bond donors (Lipinski definition) is 1. The van der Waals surface area contributed by atoms with E-state index in [0.717, 1.165) is 29.2 Å². The molecule has 1 amide bonds. The Bertz CT molecular complexity index is 784. The summed E-state index contributed by atoms with van der Waals surface area (Å²) >= 11 is 1.65. The number of benzene rings is 1. The molecular weight excluding hydrogens is 322 g/mol. The van der Waals surface area contributed by atoms with Crippen LogP contribution in [0.3, 0.4) is 0 Å². The zero-order chi connectivity index (χ0) is 16.9. The van der Waals surface area contributed by atoms with Crippen LogP contribution in [0.5, 0.6) is 0 Å². The van der Waals surface area contributed by atoms with Gasteiger partial charge in [0, 0.05) is 30.0 Å². The van der Waals surface area contributed by atoms with Crippen LogP contribution in [0.1, 0.15) is 41.7 Å². The van der Waals surface area contributed by atoms with E-state index in [0.29, 0.717) is 24.6 Å². The van der Waals surface area contributed by atoms with E-state index in [1.807, 2.05) is 24.3 Å². The molecule has 0 spiro atoms. The molecule has 1 fully saturated rings. The maximum absolute atomic E-state index is 12.3. The van der Waals surface area contributed by atoms with E-state index in [-0.39, 0.29) is 11.5 Å². The molecule has 5 nitrogen and oxygen atoms in total. The van der Waals surface area contributed by atoms with Crippen LogP contribution in [0.4, 0.5) is 0 Å². The summed E-state index contributed by atoms with van der Waals surface area (Å²) in [6, 6.07) is 9.19. The largest absolute Gasteiger partial charge is 0.350 e. The lowest BCUT2D eigenvalue weighted by Crippen LogP contribution is -2.31. The van der Waals surface area contributed by atoms with Gasteiger partial charge in [-0.25, -0.2) is 4.98 Å². The predicted octanol–water partition coefficient (Wildman–Crippen LogP) is 2.66. The van der Waals surface area contributed by atoms with Crippen molar-refractivity contribution in [1.82, 2.24) is 14.9 Å². The van der Waals surface area contributed by atoms with Gasteiger partial charge >= 0.3 is 0 Å². The summed E-state index contributed by atoms with van der Waals surface area (Å²) in [6.07, 6.45) is 3.84. The van der Waals surface area contributed by atoms with E-state index in [1.165, 1.54) is 0 Å². The maximum atomic E-state index is 12.3. The van der Waals surface area contributed by atoms with Crippen LogP contribution in [0.25, 0.3) is 0 Å². The van der Waals surface area contributed by atoms with E-state index in [2.05, 4.69) is 17.2 Å². The number of carbonyl (C=O) groups is 1. The summed E-state index contributed by atoms with van der Waals surface area (Å²) in [4.78, 5) is 29.7. The Morgan fingerprint density at radius 2 is 2.17 bits per heavy atom. The molecule has 0 saturated heterocycles. The Balaban J connectivity index is 1.58. The summed E-state index contributed by atoms with van der Waals surface area (Å²) in [6.45, 7) is 2.88. The first kappa shape index (κ1) is 16.8. The van der Waals surface area contributed by atoms with Gasteiger partial charge in [-0.2, -0.15) is 0 Å². The van der Waals surface area contributed by atoms with Gasteiger partial charge in [0.25, 0.3) is 11.5 Å². The second-order valence-electron chi connectivity index (χ2n) is 5.80. The summed E-state index contributed by atoms with van der Waals surface area (Å²) in [5.74, 6) is 1.28. The molecule has 1 N–H and O–H groups in total. The van der Waals surface area contributed by atoms with Crippen molar-refractivity contribution in [2.24, 2.45) is 0 Å². The van der Waals surface area contributed by atoms with Crippen molar-refractivity contribution in [3.8, 4) is 0 Å². The van der Waals surface area contributed by atoms with Crippen molar-refractivity contribution in [1.29, 1.82) is 0 Å². The topological polar surface area (TPSA) is 64.0 Å². The Labute approximate surface area is 145 Å². The number of nitrogens with zero attached hydrogens (tertiary/aromatic N) is 2. The molecule has 24 heavy (non-hydrogen) atoms. The van der Waals surface area contributed by atoms with Gasteiger partial charge in [-0.05, 0) is 30.7 Å². The quantitative estimate of drug-likeness (QED) is 0.785. The highest BCUT2D eigenvalue weighted by Crippen LogP contribution is 2.38. The minimum Gasteiger partial charge on any atom is -0.350 e. The second-order valence-corrected chi connectivity index (χ2v) is 7.11. The van der Waals surface area contributed by atoms with Crippen molar-refractivity contribution in [2.45, 2.75) is 37.1 Å². The molecule has 0 radical (unpaired) electrons. The first-order chi connectivity index (χ1) is 11.7.